The molecule has 2 atom stereocenters. The van der Waals surface area contributed by atoms with Crippen molar-refractivity contribution in [3.8, 4) is 0 Å². The van der Waals surface area contributed by atoms with E-state index in [-0.39, 0.29) is 92.8 Å². The number of hydrogen-bond acceptors (Lipinski definition) is 14. The van der Waals surface area contributed by atoms with Crippen molar-refractivity contribution in [1.29, 1.82) is 0 Å². The van der Waals surface area contributed by atoms with Crippen LogP contribution in [0.3, 0.4) is 0 Å². The molecule has 2 unspecified atom stereocenters. The first-order valence-corrected chi connectivity index (χ1v) is 18.0. The van der Waals surface area contributed by atoms with E-state index in [4.69, 9.17) is 9.11 Å². The quantitative estimate of drug-likeness (QED) is 0.120. The van der Waals surface area contributed by atoms with Crippen molar-refractivity contribution < 1.29 is 46.1 Å². The first kappa shape index (κ1) is 42.9. The molecular weight excluding hydrogens is 886 g/mol. The van der Waals surface area contributed by atoms with Crippen LogP contribution < -0.4 is 0 Å². The Morgan fingerprint density at radius 3 is 1.27 bits per heavy atom. The van der Waals surface area contributed by atoms with Gasteiger partial charge in [0.05, 0.1) is 9.85 Å². The van der Waals surface area contributed by atoms with E-state index in [9.17, 15) is 47.3 Å². The molecule has 0 aromatic heterocycles. The Labute approximate surface area is 352 Å². The summed E-state index contributed by atoms with van der Waals surface area (Å²) in [5.41, 5.74) is 2.03. The van der Waals surface area contributed by atoms with Crippen LogP contribution in [0.5, 0.6) is 0 Å². The van der Waals surface area contributed by atoms with E-state index >= 15 is 0 Å². The molecule has 0 saturated carbocycles. The van der Waals surface area contributed by atoms with E-state index in [1.54, 1.807) is 26.0 Å². The second-order valence-corrected chi connectivity index (χ2v) is 14.3. The molecule has 4 aliphatic carbocycles. The molecule has 0 bridgehead atoms. The van der Waals surface area contributed by atoms with Crippen LogP contribution >= 0.6 is 0 Å². The third kappa shape index (κ3) is 10.3. The minimum absolute atomic E-state index is 0. The molecule has 6 rings (SSSR count). The summed E-state index contributed by atoms with van der Waals surface area (Å²) in [5.74, 6) is -0.970. The van der Waals surface area contributed by atoms with Gasteiger partial charge < -0.3 is 18.2 Å². The van der Waals surface area contributed by atoms with Gasteiger partial charge in [-0.3, -0.25) is 38.2 Å². The molecule has 2 aromatic carbocycles. The van der Waals surface area contributed by atoms with E-state index in [2.05, 4.69) is 20.5 Å². The smallest absolute Gasteiger partial charge is 0.757 e. The second-order valence-electron chi connectivity index (χ2n) is 11.4. The Kier molecular flexibility index (Phi) is 13.5. The van der Waals surface area contributed by atoms with Gasteiger partial charge in [0.2, 0.25) is 11.6 Å². The first-order valence-electron chi connectivity index (χ1n) is 15.1. The number of nitrogens with zero attached hydrogens (tertiary/aromatic N) is 6. The standard InChI is InChI=1S/2C17H13N3O6S.Ba/c2*1-10-2-6-15(20(22)23)14(8-10)18-19-17-13-5-4-12(27(24,25)26)9-11(13)3-7-16(17)21;/h2*2-9H,1H3,(H2,24,25,26);/q;;+2/p-2. The number of hydrogen-bond donors (Lipinski definition) is 2. The molecule has 0 spiro atoms. The van der Waals surface area contributed by atoms with Crippen molar-refractivity contribution in [1.82, 2.24) is 0 Å². The van der Waals surface area contributed by atoms with Gasteiger partial charge in [-0.1, -0.05) is 36.4 Å². The Morgan fingerprint density at radius 2 is 0.945 bits per heavy atom. The fourth-order valence-corrected chi connectivity index (χ4v) is 6.05. The molecule has 0 radical (unpaired) electrons. The number of azo groups is 2. The number of aryl methyl sites for hydroxylation is 2. The SMILES string of the molecule is Cc1ccc([N+](=O)[O-])c(N=NC2=C3C=CC(=S(=O)([O-])O)C=C3C=CC2=O)c1.Cc1ccc([N+](=O)[O-])c(N=NC2=C3C=CC(=S(=O)([O-])O)C=C3C=CC2=O)c1.[Ba+2]. The maximum absolute atomic E-state index is 12.2. The molecule has 0 amide bonds. The van der Waals surface area contributed by atoms with Gasteiger partial charge in [-0.2, -0.15) is 0 Å². The minimum Gasteiger partial charge on any atom is -0.757 e. The largest absolute Gasteiger partial charge is 2.00 e. The number of rotatable bonds is 6. The van der Waals surface area contributed by atoms with Gasteiger partial charge in [0.1, 0.15) is 11.4 Å². The summed E-state index contributed by atoms with van der Waals surface area (Å²) in [6.07, 6.45) is 12.4. The normalized spacial score (nSPS) is 18.2. The Bertz CT molecular complexity index is 2470. The molecule has 2 N–H and O–H groups in total. The average Bonchev–Trinajstić information content (AvgIpc) is 3.09. The number of allylic oxidation sites excluding steroid dienone is 14. The maximum Gasteiger partial charge on any atom is 2.00 e. The number of nitro benzene ring substituents is 2. The van der Waals surface area contributed by atoms with E-state index < -0.39 is 41.6 Å². The summed E-state index contributed by atoms with van der Waals surface area (Å²) in [4.78, 5) is 44.7. The number of benzene rings is 2. The molecule has 55 heavy (non-hydrogen) atoms. The molecule has 2 aromatic rings. The van der Waals surface area contributed by atoms with Crippen molar-refractivity contribution in [3.05, 3.63) is 162 Å². The molecule has 18 nitrogen and oxygen atoms in total. The molecule has 0 fully saturated rings. The summed E-state index contributed by atoms with van der Waals surface area (Å²) in [5, 5.41) is 37.7. The monoisotopic (exact) mass is 910 g/mol. The zero-order valence-electron chi connectivity index (χ0n) is 28.4. The maximum atomic E-state index is 12.2. The topological polar surface area (TPSA) is 291 Å². The van der Waals surface area contributed by atoms with E-state index in [0.717, 1.165) is 23.3 Å². The van der Waals surface area contributed by atoms with Gasteiger partial charge in [0.25, 0.3) is 11.4 Å². The summed E-state index contributed by atoms with van der Waals surface area (Å²) < 4.78 is 63.3. The Balaban J connectivity index is 0.000000240. The van der Waals surface area contributed by atoms with Crippen LogP contribution in [0.1, 0.15) is 11.1 Å². The van der Waals surface area contributed by atoms with Crippen molar-refractivity contribution in [2.24, 2.45) is 20.5 Å². The van der Waals surface area contributed by atoms with Crippen LogP contribution in [0.15, 0.2) is 151 Å². The van der Waals surface area contributed by atoms with Crippen molar-refractivity contribution in [2.45, 2.75) is 13.8 Å². The number of carbonyl (C=O) groups excluding carboxylic acids is 2. The van der Waals surface area contributed by atoms with Crippen LogP contribution in [-0.2, 0) is 29.8 Å². The zero-order valence-corrected chi connectivity index (χ0v) is 34.5. The molecule has 4 aliphatic rings. The third-order valence-electron chi connectivity index (χ3n) is 7.62. The molecular formula is C34H24BaN6O12S2. The predicted molar refractivity (Wildman–Crippen MR) is 200 cm³/mol. The fraction of sp³-hybridized carbons (Fsp3) is 0.0588. The van der Waals surface area contributed by atoms with Gasteiger partial charge >= 0.3 is 48.9 Å². The molecule has 276 valence electrons. The first-order chi connectivity index (χ1) is 25.3. The van der Waals surface area contributed by atoms with Gasteiger partial charge in [-0.05, 0) is 84.7 Å². The summed E-state index contributed by atoms with van der Waals surface area (Å²) >= 11 is 0. The fourth-order valence-electron chi connectivity index (χ4n) is 5.01. The van der Waals surface area contributed by atoms with E-state index in [0.29, 0.717) is 22.3 Å². The summed E-state index contributed by atoms with van der Waals surface area (Å²) in [6.45, 7) is 3.47. The van der Waals surface area contributed by atoms with Crippen LogP contribution in [0.25, 0.3) is 0 Å². The van der Waals surface area contributed by atoms with E-state index in [1.807, 2.05) is 0 Å². The molecule has 21 heteroatoms. The number of ketones is 2. The zero-order chi connectivity index (χ0) is 39.5. The van der Waals surface area contributed by atoms with Gasteiger partial charge in [-0.25, -0.2) is 0 Å². The summed E-state index contributed by atoms with van der Waals surface area (Å²) in [6, 6.07) is 8.64. The van der Waals surface area contributed by atoms with Crippen LogP contribution in [0.2, 0.25) is 0 Å². The van der Waals surface area contributed by atoms with Crippen molar-refractivity contribution >= 4 is 113 Å². The van der Waals surface area contributed by atoms with Gasteiger partial charge in [0.15, 0.2) is 11.4 Å². The van der Waals surface area contributed by atoms with Crippen molar-refractivity contribution in [2.75, 3.05) is 0 Å². The number of carbonyl (C=O) groups is 2. The minimum atomic E-state index is -4.40. The van der Waals surface area contributed by atoms with Gasteiger partial charge in [0, 0.05) is 53.2 Å². The van der Waals surface area contributed by atoms with Crippen LogP contribution in [-0.4, -0.2) is 107 Å². The summed E-state index contributed by atoms with van der Waals surface area (Å²) in [7, 11) is -8.80. The predicted octanol–water partition coefficient (Wildman–Crippen LogP) is 5.49. The van der Waals surface area contributed by atoms with Gasteiger partial charge in [-0.15, -0.1) is 20.5 Å². The van der Waals surface area contributed by atoms with Crippen molar-refractivity contribution in [3.63, 3.8) is 0 Å². The average molecular weight is 910 g/mol. The van der Waals surface area contributed by atoms with Crippen LogP contribution in [0.4, 0.5) is 22.7 Å². The molecule has 0 saturated heterocycles. The number of nitro groups is 2. The number of fused-ring (bicyclic) bond motifs is 2. The molecule has 0 heterocycles. The molecule has 0 aliphatic heterocycles. The Hall–Kier alpha value is -4.85. The third-order valence-corrected chi connectivity index (χ3v) is 9.32. The van der Waals surface area contributed by atoms with E-state index in [1.165, 1.54) is 72.9 Å². The van der Waals surface area contributed by atoms with Crippen LogP contribution in [0, 0.1) is 34.1 Å². The Morgan fingerprint density at radius 1 is 0.582 bits per heavy atom. The second kappa shape index (κ2) is 17.3.